The van der Waals surface area contributed by atoms with E-state index in [4.69, 9.17) is 4.74 Å². The number of aromatic nitrogens is 1. The maximum Gasteiger partial charge on any atom is 0.241 e. The van der Waals surface area contributed by atoms with Gasteiger partial charge >= 0.3 is 0 Å². The Morgan fingerprint density at radius 3 is 2.21 bits per heavy atom. The monoisotopic (exact) mass is 403 g/mol. The lowest BCUT2D eigenvalue weighted by molar-refractivity contribution is -0.115. The minimum absolute atomic E-state index is 0.0899. The van der Waals surface area contributed by atoms with Crippen molar-refractivity contribution in [2.75, 3.05) is 17.8 Å². The van der Waals surface area contributed by atoms with Crippen LogP contribution in [-0.2, 0) is 16.1 Å². The Morgan fingerprint density at radius 1 is 1.10 bits per heavy atom. The molecule has 3 aromatic rings. The van der Waals surface area contributed by atoms with Crippen LogP contribution >= 0.6 is 11.8 Å². The number of carbonyl (C=O) groups excluding carboxylic acids is 1. The number of rotatable bonds is 7. The number of hydrogen-bond donors (Lipinski definition) is 0. The van der Waals surface area contributed by atoms with Gasteiger partial charge in [-0.25, -0.2) is 4.98 Å². The van der Waals surface area contributed by atoms with Crippen molar-refractivity contribution < 1.29 is 9.53 Å². The van der Waals surface area contributed by atoms with Gasteiger partial charge in [-0.15, -0.1) is 0 Å². The van der Waals surface area contributed by atoms with Gasteiger partial charge in [0.05, 0.1) is 17.9 Å². The molecule has 0 saturated carbocycles. The van der Waals surface area contributed by atoms with Crippen LogP contribution in [0.4, 0.5) is 11.4 Å². The molecule has 29 heavy (non-hydrogen) atoms. The highest BCUT2D eigenvalue weighted by molar-refractivity contribution is 8.00. The number of anilines is 2. The van der Waals surface area contributed by atoms with Crippen molar-refractivity contribution in [3.63, 3.8) is 0 Å². The number of nitriles is 1. The molecule has 0 aliphatic heterocycles. The fourth-order valence-corrected chi connectivity index (χ4v) is 3.91. The molecule has 0 bridgehead atoms. The van der Waals surface area contributed by atoms with E-state index in [1.165, 1.54) is 11.8 Å². The highest BCUT2D eigenvalue weighted by atomic mass is 32.2. The molecule has 0 N–H and O–H groups in total. The van der Waals surface area contributed by atoms with E-state index < -0.39 is 0 Å². The number of hydrogen-bond acceptors (Lipinski definition) is 5. The van der Waals surface area contributed by atoms with E-state index in [-0.39, 0.29) is 11.7 Å². The first-order chi connectivity index (χ1) is 14.1. The Morgan fingerprint density at radius 2 is 1.69 bits per heavy atom. The predicted molar refractivity (Wildman–Crippen MR) is 115 cm³/mol. The standard InChI is InChI=1S/C23H21N3O2S/c1-17-13-18(15-28-2)21(14-24)23(25-17)29-16-22(27)26(19-9-5-3-6-10-19)20-11-7-4-8-12-20/h3-13H,15-16H2,1-2H3. The van der Waals surface area contributed by atoms with E-state index in [2.05, 4.69) is 11.1 Å². The topological polar surface area (TPSA) is 66.2 Å². The van der Waals surface area contributed by atoms with Gasteiger partial charge in [0.2, 0.25) is 5.91 Å². The summed E-state index contributed by atoms with van der Waals surface area (Å²) >= 11 is 1.27. The van der Waals surface area contributed by atoms with E-state index in [9.17, 15) is 10.1 Å². The molecular formula is C23H21N3O2S. The summed E-state index contributed by atoms with van der Waals surface area (Å²) in [7, 11) is 1.59. The van der Waals surface area contributed by atoms with E-state index >= 15 is 0 Å². The molecule has 0 aliphatic rings. The molecule has 6 heteroatoms. The third-order valence-electron chi connectivity index (χ3n) is 4.22. The first-order valence-electron chi connectivity index (χ1n) is 9.09. The van der Waals surface area contributed by atoms with Gasteiger partial charge in [0.15, 0.2) is 0 Å². The van der Waals surface area contributed by atoms with Gasteiger partial charge in [-0.2, -0.15) is 5.26 Å². The van der Waals surface area contributed by atoms with Crippen LogP contribution < -0.4 is 4.90 Å². The van der Waals surface area contributed by atoms with Crippen LogP contribution in [0, 0.1) is 18.3 Å². The summed E-state index contributed by atoms with van der Waals surface area (Å²) in [5.41, 5.74) is 3.61. The molecule has 0 fully saturated rings. The number of methoxy groups -OCH3 is 1. The van der Waals surface area contributed by atoms with Gasteiger partial charge < -0.3 is 4.74 Å². The SMILES string of the molecule is COCc1cc(C)nc(SCC(=O)N(c2ccccc2)c2ccccc2)c1C#N. The Bertz CT molecular complexity index is 978. The number of aryl methyl sites for hydroxylation is 1. The fraction of sp³-hybridized carbons (Fsp3) is 0.174. The molecule has 0 radical (unpaired) electrons. The molecule has 0 saturated heterocycles. The van der Waals surface area contributed by atoms with Gasteiger partial charge in [-0.1, -0.05) is 48.2 Å². The van der Waals surface area contributed by atoms with Crippen LogP contribution in [0.3, 0.4) is 0 Å². The van der Waals surface area contributed by atoms with Gasteiger partial charge in [-0.3, -0.25) is 9.69 Å². The zero-order valence-electron chi connectivity index (χ0n) is 16.3. The molecule has 0 unspecified atom stereocenters. The fourth-order valence-electron chi connectivity index (χ4n) is 2.99. The average Bonchev–Trinajstić information content (AvgIpc) is 2.74. The van der Waals surface area contributed by atoms with E-state index in [0.29, 0.717) is 17.2 Å². The van der Waals surface area contributed by atoms with Crippen molar-refractivity contribution in [2.24, 2.45) is 0 Å². The Hall–Kier alpha value is -3.14. The number of carbonyl (C=O) groups is 1. The molecule has 2 aromatic carbocycles. The molecule has 146 valence electrons. The third kappa shape index (κ3) is 5.02. The lowest BCUT2D eigenvalue weighted by atomic mass is 10.1. The lowest BCUT2D eigenvalue weighted by Crippen LogP contribution is -2.27. The van der Waals surface area contributed by atoms with Crippen LogP contribution in [0.1, 0.15) is 16.8 Å². The minimum atomic E-state index is -0.0899. The molecular weight excluding hydrogens is 382 g/mol. The number of thioether (sulfide) groups is 1. The van der Waals surface area contributed by atoms with Crippen molar-refractivity contribution in [2.45, 2.75) is 18.6 Å². The van der Waals surface area contributed by atoms with Crippen molar-refractivity contribution in [1.29, 1.82) is 5.26 Å². The highest BCUT2D eigenvalue weighted by Gasteiger charge is 2.20. The summed E-state index contributed by atoms with van der Waals surface area (Å²) < 4.78 is 5.20. The minimum Gasteiger partial charge on any atom is -0.380 e. The highest BCUT2D eigenvalue weighted by Crippen LogP contribution is 2.29. The first kappa shape index (κ1) is 20.6. The molecule has 1 aromatic heterocycles. The van der Waals surface area contributed by atoms with Gasteiger partial charge in [0.25, 0.3) is 0 Å². The largest absolute Gasteiger partial charge is 0.380 e. The van der Waals surface area contributed by atoms with E-state index in [1.54, 1.807) is 12.0 Å². The van der Waals surface area contributed by atoms with Crippen LogP contribution in [0.25, 0.3) is 0 Å². The average molecular weight is 404 g/mol. The number of pyridine rings is 1. The van der Waals surface area contributed by atoms with Crippen molar-refractivity contribution in [1.82, 2.24) is 4.98 Å². The second-order valence-electron chi connectivity index (χ2n) is 6.34. The molecule has 5 nitrogen and oxygen atoms in total. The number of nitrogens with zero attached hydrogens (tertiary/aromatic N) is 3. The molecule has 0 aliphatic carbocycles. The number of benzene rings is 2. The van der Waals surface area contributed by atoms with Crippen LogP contribution in [0.2, 0.25) is 0 Å². The van der Waals surface area contributed by atoms with E-state index in [0.717, 1.165) is 22.6 Å². The van der Waals surface area contributed by atoms with Gasteiger partial charge in [0.1, 0.15) is 11.1 Å². The van der Waals surface area contributed by atoms with Crippen LogP contribution in [0.5, 0.6) is 0 Å². The Kier molecular flexibility index (Phi) is 7.01. The lowest BCUT2D eigenvalue weighted by Gasteiger charge is -2.23. The van der Waals surface area contributed by atoms with E-state index in [1.807, 2.05) is 73.7 Å². The second-order valence-corrected chi connectivity index (χ2v) is 7.30. The number of ether oxygens (including phenoxy) is 1. The smallest absolute Gasteiger partial charge is 0.241 e. The molecule has 3 rings (SSSR count). The van der Waals surface area contributed by atoms with Crippen molar-refractivity contribution in [3.8, 4) is 6.07 Å². The summed E-state index contributed by atoms with van der Waals surface area (Å²) in [6.45, 7) is 2.19. The summed E-state index contributed by atoms with van der Waals surface area (Å²) in [6.07, 6.45) is 0. The maximum atomic E-state index is 13.2. The molecule has 1 heterocycles. The second kappa shape index (κ2) is 9.87. The zero-order valence-corrected chi connectivity index (χ0v) is 17.1. The van der Waals surface area contributed by atoms with Crippen LogP contribution in [-0.4, -0.2) is 23.8 Å². The summed E-state index contributed by atoms with van der Waals surface area (Å²) in [6, 6.07) is 23.1. The third-order valence-corrected chi connectivity index (χ3v) is 5.18. The molecule has 1 amide bonds. The quantitative estimate of drug-likeness (QED) is 0.527. The predicted octanol–water partition coefficient (Wildman–Crippen LogP) is 4.87. The Balaban J connectivity index is 1.88. The van der Waals surface area contributed by atoms with Crippen molar-refractivity contribution in [3.05, 3.63) is 83.6 Å². The first-order valence-corrected chi connectivity index (χ1v) is 10.1. The Labute approximate surface area is 175 Å². The van der Waals surface area contributed by atoms with Crippen molar-refractivity contribution >= 4 is 29.0 Å². The maximum absolute atomic E-state index is 13.2. The van der Waals surface area contributed by atoms with Crippen LogP contribution in [0.15, 0.2) is 71.8 Å². The zero-order chi connectivity index (χ0) is 20.6. The molecule has 0 atom stereocenters. The van der Waals surface area contributed by atoms with Gasteiger partial charge in [0, 0.05) is 24.2 Å². The molecule has 0 spiro atoms. The normalized spacial score (nSPS) is 10.4. The summed E-state index contributed by atoms with van der Waals surface area (Å²) in [4.78, 5) is 19.3. The summed E-state index contributed by atoms with van der Waals surface area (Å²) in [5, 5.41) is 10.1. The number of para-hydroxylation sites is 2. The summed E-state index contributed by atoms with van der Waals surface area (Å²) in [5.74, 6) is 0.0642. The number of amides is 1. The van der Waals surface area contributed by atoms with Gasteiger partial charge in [-0.05, 0) is 42.8 Å².